The van der Waals surface area contributed by atoms with E-state index in [1.54, 1.807) is 36.0 Å². The molecule has 1 atom stereocenters. The van der Waals surface area contributed by atoms with E-state index in [2.05, 4.69) is 0 Å². The fraction of sp³-hybridized carbons (Fsp3) is 0.143. The van der Waals surface area contributed by atoms with Gasteiger partial charge < -0.3 is 10.2 Å². The Balaban J connectivity index is 1.89. The van der Waals surface area contributed by atoms with Crippen LogP contribution in [0.25, 0.3) is 10.1 Å². The maximum Gasteiger partial charge on any atom is 0.124 e. The average molecular weight is 261 g/mol. The van der Waals surface area contributed by atoms with E-state index in [1.165, 1.54) is 6.07 Å². The van der Waals surface area contributed by atoms with E-state index in [0.29, 0.717) is 0 Å². The first-order valence-corrected chi connectivity index (χ1v) is 6.50. The van der Waals surface area contributed by atoms with Crippen molar-refractivity contribution in [2.24, 2.45) is 5.73 Å². The molecule has 3 rings (SSSR count). The SMILES string of the molecule is NC(Cc1ccoc1)c1cc2ccc(F)cc2s1. The minimum atomic E-state index is -0.209. The molecule has 0 radical (unpaired) electrons. The molecule has 0 bridgehead atoms. The summed E-state index contributed by atoms with van der Waals surface area (Å²) in [5.41, 5.74) is 7.24. The number of rotatable bonds is 3. The fourth-order valence-corrected chi connectivity index (χ4v) is 3.06. The Morgan fingerprint density at radius 1 is 1.28 bits per heavy atom. The van der Waals surface area contributed by atoms with Gasteiger partial charge in [0.05, 0.1) is 12.5 Å². The Hall–Kier alpha value is -1.65. The highest BCUT2D eigenvalue weighted by atomic mass is 32.1. The minimum Gasteiger partial charge on any atom is -0.472 e. The quantitative estimate of drug-likeness (QED) is 0.777. The standard InChI is InChI=1S/C14H12FNOS/c15-11-2-1-10-6-14(18-13(10)7-11)12(16)5-9-3-4-17-8-9/h1-4,6-8,12H,5,16H2. The third-order valence-corrected chi connectivity index (χ3v) is 4.13. The van der Waals surface area contributed by atoms with Crippen LogP contribution in [-0.4, -0.2) is 0 Å². The highest BCUT2D eigenvalue weighted by Crippen LogP contribution is 2.30. The number of halogens is 1. The fourth-order valence-electron chi connectivity index (χ4n) is 1.97. The van der Waals surface area contributed by atoms with Crippen molar-refractivity contribution < 1.29 is 8.81 Å². The van der Waals surface area contributed by atoms with E-state index in [4.69, 9.17) is 10.2 Å². The van der Waals surface area contributed by atoms with Gasteiger partial charge in [0.25, 0.3) is 0 Å². The van der Waals surface area contributed by atoms with Crippen molar-refractivity contribution >= 4 is 21.4 Å². The van der Waals surface area contributed by atoms with Crippen molar-refractivity contribution in [3.63, 3.8) is 0 Å². The van der Waals surface area contributed by atoms with E-state index >= 15 is 0 Å². The first kappa shape index (κ1) is 11.4. The van der Waals surface area contributed by atoms with Crippen molar-refractivity contribution in [3.05, 3.63) is 59.1 Å². The van der Waals surface area contributed by atoms with Crippen LogP contribution in [0.3, 0.4) is 0 Å². The molecule has 1 aromatic carbocycles. The molecule has 92 valence electrons. The number of thiophene rings is 1. The lowest BCUT2D eigenvalue weighted by Crippen LogP contribution is -2.11. The maximum atomic E-state index is 13.1. The lowest BCUT2D eigenvalue weighted by molar-refractivity contribution is 0.561. The van der Waals surface area contributed by atoms with Gasteiger partial charge in [-0.05, 0) is 41.6 Å². The molecule has 2 N–H and O–H groups in total. The molecule has 2 heterocycles. The Bertz CT molecular complexity index is 660. The Kier molecular flexibility index (Phi) is 2.89. The van der Waals surface area contributed by atoms with E-state index < -0.39 is 0 Å². The van der Waals surface area contributed by atoms with Gasteiger partial charge in [-0.2, -0.15) is 0 Å². The van der Waals surface area contributed by atoms with Gasteiger partial charge in [0.2, 0.25) is 0 Å². The first-order chi connectivity index (χ1) is 8.72. The van der Waals surface area contributed by atoms with Crippen molar-refractivity contribution in [1.82, 2.24) is 0 Å². The minimum absolute atomic E-state index is 0.0805. The molecule has 0 aliphatic carbocycles. The van der Waals surface area contributed by atoms with Crippen LogP contribution in [0.4, 0.5) is 4.39 Å². The molecule has 18 heavy (non-hydrogen) atoms. The van der Waals surface area contributed by atoms with Gasteiger partial charge >= 0.3 is 0 Å². The second-order valence-corrected chi connectivity index (χ2v) is 5.39. The van der Waals surface area contributed by atoms with Gasteiger partial charge in [0.15, 0.2) is 0 Å². The van der Waals surface area contributed by atoms with Crippen LogP contribution in [0.5, 0.6) is 0 Å². The molecule has 0 saturated heterocycles. The average Bonchev–Trinajstić information content (AvgIpc) is 2.96. The molecule has 0 amide bonds. The Morgan fingerprint density at radius 3 is 2.94 bits per heavy atom. The summed E-state index contributed by atoms with van der Waals surface area (Å²) in [4.78, 5) is 1.07. The van der Waals surface area contributed by atoms with Gasteiger partial charge in [0.1, 0.15) is 5.82 Å². The smallest absolute Gasteiger partial charge is 0.124 e. The first-order valence-electron chi connectivity index (χ1n) is 5.68. The summed E-state index contributed by atoms with van der Waals surface area (Å²) in [5, 5.41) is 1.04. The summed E-state index contributed by atoms with van der Waals surface area (Å²) in [7, 11) is 0. The van der Waals surface area contributed by atoms with Gasteiger partial charge in [-0.1, -0.05) is 6.07 Å². The molecule has 2 nitrogen and oxygen atoms in total. The molecule has 0 fully saturated rings. The third-order valence-electron chi connectivity index (χ3n) is 2.90. The van der Waals surface area contributed by atoms with Crippen molar-refractivity contribution in [2.75, 3.05) is 0 Å². The molecule has 0 spiro atoms. The van der Waals surface area contributed by atoms with Gasteiger partial charge in [-0.15, -0.1) is 11.3 Å². The second kappa shape index (κ2) is 4.55. The summed E-state index contributed by atoms with van der Waals surface area (Å²) in [5.74, 6) is -0.209. The molecule has 1 unspecified atom stereocenters. The summed E-state index contributed by atoms with van der Waals surface area (Å²) in [6.45, 7) is 0. The van der Waals surface area contributed by atoms with Crippen LogP contribution in [0.1, 0.15) is 16.5 Å². The van der Waals surface area contributed by atoms with E-state index in [-0.39, 0.29) is 11.9 Å². The Morgan fingerprint density at radius 2 is 2.17 bits per heavy atom. The largest absolute Gasteiger partial charge is 0.472 e. The van der Waals surface area contributed by atoms with Gasteiger partial charge in [-0.3, -0.25) is 0 Å². The maximum absolute atomic E-state index is 13.1. The van der Waals surface area contributed by atoms with Crippen LogP contribution >= 0.6 is 11.3 Å². The third kappa shape index (κ3) is 2.17. The molecular formula is C14H12FNOS. The molecule has 0 saturated carbocycles. The Labute approximate surface area is 108 Å². The molecule has 2 aromatic heterocycles. The second-order valence-electron chi connectivity index (χ2n) is 4.27. The van der Waals surface area contributed by atoms with Crippen LogP contribution in [0.2, 0.25) is 0 Å². The molecule has 4 heteroatoms. The monoisotopic (exact) mass is 261 g/mol. The number of fused-ring (bicyclic) bond motifs is 1. The number of hydrogen-bond donors (Lipinski definition) is 1. The van der Waals surface area contributed by atoms with E-state index in [1.807, 2.05) is 12.1 Å². The van der Waals surface area contributed by atoms with Crippen LogP contribution < -0.4 is 5.73 Å². The van der Waals surface area contributed by atoms with Crippen molar-refractivity contribution in [1.29, 1.82) is 0 Å². The molecular weight excluding hydrogens is 249 g/mol. The summed E-state index contributed by atoms with van der Waals surface area (Å²) in [6.07, 6.45) is 4.07. The number of benzene rings is 1. The zero-order valence-electron chi connectivity index (χ0n) is 9.60. The predicted molar refractivity (Wildman–Crippen MR) is 71.1 cm³/mol. The summed E-state index contributed by atoms with van der Waals surface area (Å²) >= 11 is 1.55. The van der Waals surface area contributed by atoms with Crippen LogP contribution in [-0.2, 0) is 6.42 Å². The van der Waals surface area contributed by atoms with Crippen LogP contribution in [0.15, 0.2) is 47.3 Å². The van der Waals surface area contributed by atoms with E-state index in [0.717, 1.165) is 26.9 Å². The highest BCUT2D eigenvalue weighted by molar-refractivity contribution is 7.19. The topological polar surface area (TPSA) is 39.2 Å². The zero-order chi connectivity index (χ0) is 12.5. The summed E-state index contributed by atoms with van der Waals surface area (Å²) in [6, 6.07) is 8.67. The molecule has 0 aliphatic rings. The summed E-state index contributed by atoms with van der Waals surface area (Å²) < 4.78 is 19.1. The predicted octanol–water partition coefficient (Wildman–Crippen LogP) is 3.88. The molecule has 3 aromatic rings. The van der Waals surface area contributed by atoms with E-state index in [9.17, 15) is 4.39 Å². The zero-order valence-corrected chi connectivity index (χ0v) is 10.4. The molecule has 0 aliphatic heterocycles. The number of nitrogens with two attached hydrogens (primary N) is 1. The van der Waals surface area contributed by atoms with Crippen molar-refractivity contribution in [3.8, 4) is 0 Å². The number of furan rings is 1. The number of hydrogen-bond acceptors (Lipinski definition) is 3. The van der Waals surface area contributed by atoms with Gasteiger partial charge in [0, 0.05) is 15.6 Å². The lowest BCUT2D eigenvalue weighted by Gasteiger charge is -2.06. The highest BCUT2D eigenvalue weighted by Gasteiger charge is 2.12. The lowest BCUT2D eigenvalue weighted by atomic mass is 10.1. The normalized spacial score (nSPS) is 13.0. The van der Waals surface area contributed by atoms with Crippen molar-refractivity contribution in [2.45, 2.75) is 12.5 Å². The van der Waals surface area contributed by atoms with Crippen LogP contribution in [0, 0.1) is 5.82 Å². The van der Waals surface area contributed by atoms with Gasteiger partial charge in [-0.25, -0.2) is 4.39 Å².